The van der Waals surface area contributed by atoms with Crippen LogP contribution in [0.4, 0.5) is 5.69 Å². The molecule has 0 bridgehead atoms. The summed E-state index contributed by atoms with van der Waals surface area (Å²) in [5.41, 5.74) is 9.47. The summed E-state index contributed by atoms with van der Waals surface area (Å²) in [6, 6.07) is 10.6. The Morgan fingerprint density at radius 1 is 0.833 bits per heavy atom. The van der Waals surface area contributed by atoms with Crippen molar-refractivity contribution in [2.24, 2.45) is 0 Å². The number of fused-ring (bicyclic) bond motifs is 2. The second kappa shape index (κ2) is 5.87. The quantitative estimate of drug-likeness (QED) is 0.737. The molecule has 122 valence electrons. The van der Waals surface area contributed by atoms with Crippen LogP contribution in [0.5, 0.6) is 0 Å². The average Bonchev–Trinajstić information content (AvgIpc) is 2.62. The Balaban J connectivity index is 1.75. The van der Waals surface area contributed by atoms with Crippen molar-refractivity contribution >= 4 is 17.3 Å². The number of carbonyl (C=O) groups is 2. The fourth-order valence-corrected chi connectivity index (χ4v) is 3.75. The fourth-order valence-electron chi connectivity index (χ4n) is 3.75. The number of nitrogens with two attached hydrogens (primary N) is 1. The Morgan fingerprint density at radius 2 is 1.50 bits per heavy atom. The predicted molar refractivity (Wildman–Crippen MR) is 93.3 cm³/mol. The molecule has 4 heteroatoms. The smallest absolute Gasteiger partial charge is 0.196 e. The van der Waals surface area contributed by atoms with E-state index in [-0.39, 0.29) is 11.6 Å². The molecule has 2 aliphatic rings. The van der Waals surface area contributed by atoms with Crippen molar-refractivity contribution in [3.8, 4) is 0 Å². The lowest BCUT2D eigenvalue weighted by Gasteiger charge is -2.28. The minimum Gasteiger partial charge on any atom is -0.398 e. The maximum Gasteiger partial charge on any atom is 0.196 e. The number of likely N-dealkylation sites (tertiary alicyclic amines) is 1. The number of benzene rings is 2. The summed E-state index contributed by atoms with van der Waals surface area (Å²) in [5.74, 6) is -0.255. The van der Waals surface area contributed by atoms with E-state index in [0.717, 1.165) is 25.2 Å². The minimum absolute atomic E-state index is 0.114. The van der Waals surface area contributed by atoms with Gasteiger partial charge in [0.1, 0.15) is 0 Å². The first kappa shape index (κ1) is 15.1. The van der Waals surface area contributed by atoms with Gasteiger partial charge in [-0.05, 0) is 37.6 Å². The predicted octanol–water partition coefficient (Wildman–Crippen LogP) is 3.03. The van der Waals surface area contributed by atoms with Gasteiger partial charge in [-0.15, -0.1) is 0 Å². The summed E-state index contributed by atoms with van der Waals surface area (Å²) < 4.78 is 0. The molecule has 2 aromatic carbocycles. The highest BCUT2D eigenvalue weighted by Gasteiger charge is 2.32. The maximum atomic E-state index is 12.9. The lowest BCUT2D eigenvalue weighted by Crippen LogP contribution is -2.30. The standard InChI is InChI=1S/C20H20N2O2/c21-18-13(12-22-10-4-1-5-11-22)8-9-16-17(18)20(24)15-7-3-2-6-14(15)19(16)23/h2-3,6-9H,1,4-5,10-12,21H2. The second-order valence-corrected chi connectivity index (χ2v) is 6.60. The molecule has 4 nitrogen and oxygen atoms in total. The van der Waals surface area contributed by atoms with Gasteiger partial charge in [0.2, 0.25) is 0 Å². The molecule has 1 aliphatic heterocycles. The van der Waals surface area contributed by atoms with Crippen molar-refractivity contribution in [2.75, 3.05) is 18.8 Å². The molecule has 1 aliphatic carbocycles. The summed E-state index contributed by atoms with van der Waals surface area (Å²) in [6.07, 6.45) is 3.69. The van der Waals surface area contributed by atoms with E-state index < -0.39 is 0 Å². The molecule has 1 fully saturated rings. The SMILES string of the molecule is Nc1c(CN2CCCCC2)ccc2c1C(=O)c1ccccc1C2=O. The van der Waals surface area contributed by atoms with Crippen LogP contribution in [0.1, 0.15) is 56.7 Å². The first-order valence-electron chi connectivity index (χ1n) is 8.49. The monoisotopic (exact) mass is 320 g/mol. The molecule has 1 heterocycles. The average molecular weight is 320 g/mol. The Kier molecular flexibility index (Phi) is 3.69. The first-order valence-corrected chi connectivity index (χ1v) is 8.49. The van der Waals surface area contributed by atoms with Crippen LogP contribution in [0.25, 0.3) is 0 Å². The minimum atomic E-state index is -0.141. The van der Waals surface area contributed by atoms with E-state index in [1.807, 2.05) is 6.07 Å². The van der Waals surface area contributed by atoms with Crippen LogP contribution in [0, 0.1) is 0 Å². The summed E-state index contributed by atoms with van der Waals surface area (Å²) in [5, 5.41) is 0. The lowest BCUT2D eigenvalue weighted by atomic mass is 9.82. The molecule has 24 heavy (non-hydrogen) atoms. The van der Waals surface area contributed by atoms with Crippen LogP contribution in [0.15, 0.2) is 36.4 Å². The van der Waals surface area contributed by atoms with Gasteiger partial charge in [0.15, 0.2) is 11.6 Å². The van der Waals surface area contributed by atoms with Crippen LogP contribution in [0.3, 0.4) is 0 Å². The van der Waals surface area contributed by atoms with Crippen LogP contribution in [-0.4, -0.2) is 29.6 Å². The number of nitrogen functional groups attached to an aromatic ring is 1. The van der Waals surface area contributed by atoms with Gasteiger partial charge in [-0.25, -0.2) is 0 Å². The first-order chi connectivity index (χ1) is 11.7. The van der Waals surface area contributed by atoms with Crippen LogP contribution in [0.2, 0.25) is 0 Å². The third kappa shape index (κ3) is 2.34. The second-order valence-electron chi connectivity index (χ2n) is 6.60. The number of hydrogen-bond donors (Lipinski definition) is 1. The van der Waals surface area contributed by atoms with Crippen molar-refractivity contribution in [1.29, 1.82) is 0 Å². The van der Waals surface area contributed by atoms with E-state index in [4.69, 9.17) is 5.73 Å². The Morgan fingerprint density at radius 3 is 2.21 bits per heavy atom. The normalized spacial score (nSPS) is 17.5. The van der Waals surface area contributed by atoms with Gasteiger partial charge in [-0.1, -0.05) is 36.8 Å². The van der Waals surface area contributed by atoms with Gasteiger partial charge < -0.3 is 5.73 Å². The summed E-state index contributed by atoms with van der Waals surface area (Å²) in [6.45, 7) is 2.86. The largest absolute Gasteiger partial charge is 0.398 e. The molecule has 0 saturated carbocycles. The molecule has 0 spiro atoms. The van der Waals surface area contributed by atoms with Crippen LogP contribution < -0.4 is 5.73 Å². The highest BCUT2D eigenvalue weighted by molar-refractivity contribution is 6.30. The van der Waals surface area contributed by atoms with Crippen LogP contribution in [-0.2, 0) is 6.54 Å². The summed E-state index contributed by atoms with van der Waals surface area (Å²) >= 11 is 0. The number of hydrogen-bond acceptors (Lipinski definition) is 4. The van der Waals surface area contributed by atoms with Crippen molar-refractivity contribution in [2.45, 2.75) is 25.8 Å². The van der Waals surface area contributed by atoms with Gasteiger partial charge in [-0.3, -0.25) is 14.5 Å². The van der Waals surface area contributed by atoms with Crippen molar-refractivity contribution in [3.63, 3.8) is 0 Å². The van der Waals surface area contributed by atoms with Crippen molar-refractivity contribution in [3.05, 3.63) is 64.2 Å². The third-order valence-corrected chi connectivity index (χ3v) is 5.07. The molecular formula is C20H20N2O2. The number of nitrogens with zero attached hydrogens (tertiary/aromatic N) is 1. The number of carbonyl (C=O) groups excluding carboxylic acids is 2. The van der Waals surface area contributed by atoms with Gasteiger partial charge in [0.05, 0.1) is 5.56 Å². The fraction of sp³-hybridized carbons (Fsp3) is 0.300. The zero-order valence-electron chi connectivity index (χ0n) is 13.5. The van der Waals surface area contributed by atoms with Gasteiger partial charge in [-0.2, -0.15) is 0 Å². The molecule has 0 atom stereocenters. The van der Waals surface area contributed by atoms with E-state index >= 15 is 0 Å². The van der Waals surface area contributed by atoms with Gasteiger partial charge in [0, 0.05) is 28.9 Å². The molecule has 2 N–H and O–H groups in total. The number of rotatable bonds is 2. The number of ketones is 2. The van der Waals surface area contributed by atoms with E-state index in [9.17, 15) is 9.59 Å². The highest BCUT2D eigenvalue weighted by Crippen LogP contribution is 2.33. The zero-order valence-corrected chi connectivity index (χ0v) is 13.5. The molecule has 1 saturated heterocycles. The summed E-state index contributed by atoms with van der Waals surface area (Å²) in [7, 11) is 0. The van der Waals surface area contributed by atoms with Gasteiger partial charge in [0.25, 0.3) is 0 Å². The Bertz CT molecular complexity index is 836. The molecular weight excluding hydrogens is 300 g/mol. The summed E-state index contributed by atoms with van der Waals surface area (Å²) in [4.78, 5) is 27.9. The number of anilines is 1. The van der Waals surface area contributed by atoms with Crippen molar-refractivity contribution in [1.82, 2.24) is 4.90 Å². The van der Waals surface area contributed by atoms with E-state index in [2.05, 4.69) is 4.90 Å². The van der Waals surface area contributed by atoms with Crippen LogP contribution >= 0.6 is 0 Å². The van der Waals surface area contributed by atoms with E-state index in [1.54, 1.807) is 30.3 Å². The molecule has 0 amide bonds. The zero-order chi connectivity index (χ0) is 16.7. The highest BCUT2D eigenvalue weighted by atomic mass is 16.1. The molecule has 4 rings (SSSR count). The lowest BCUT2D eigenvalue weighted by molar-refractivity contribution is 0.0979. The van der Waals surface area contributed by atoms with E-state index in [1.165, 1.54) is 19.3 Å². The molecule has 2 aromatic rings. The topological polar surface area (TPSA) is 63.4 Å². The number of piperidine rings is 1. The van der Waals surface area contributed by atoms with E-state index in [0.29, 0.717) is 27.9 Å². The van der Waals surface area contributed by atoms with Gasteiger partial charge >= 0.3 is 0 Å². The molecule has 0 aromatic heterocycles. The Hall–Kier alpha value is -2.46. The Labute approximate surface area is 141 Å². The maximum absolute atomic E-state index is 12.9. The third-order valence-electron chi connectivity index (χ3n) is 5.07. The molecule has 0 unspecified atom stereocenters. The molecule has 0 radical (unpaired) electrons. The van der Waals surface area contributed by atoms with Crippen molar-refractivity contribution < 1.29 is 9.59 Å².